The topological polar surface area (TPSA) is 90.2 Å². The Morgan fingerprint density at radius 1 is 1.26 bits per heavy atom. The molecule has 0 saturated carbocycles. The lowest BCUT2D eigenvalue weighted by molar-refractivity contribution is 0.282. The van der Waals surface area contributed by atoms with Crippen LogP contribution in [-0.2, 0) is 16.6 Å². The van der Waals surface area contributed by atoms with Crippen molar-refractivity contribution in [1.82, 2.24) is 0 Å². The first-order valence-electron chi connectivity index (χ1n) is 5.28. The van der Waals surface area contributed by atoms with Gasteiger partial charge in [-0.25, -0.2) is 8.42 Å². The molecule has 1 aromatic carbocycles. The third-order valence-corrected chi connectivity index (χ3v) is 5.24. The van der Waals surface area contributed by atoms with Crippen molar-refractivity contribution in [2.45, 2.75) is 10.8 Å². The van der Waals surface area contributed by atoms with Crippen LogP contribution in [0.25, 0.3) is 0 Å². The van der Waals surface area contributed by atoms with E-state index in [1.165, 1.54) is 12.1 Å². The number of thiophene rings is 1. The summed E-state index contributed by atoms with van der Waals surface area (Å²) in [5, 5.41) is 17.9. The van der Waals surface area contributed by atoms with Crippen molar-refractivity contribution in [1.29, 1.82) is 5.26 Å². The minimum Gasteiger partial charge on any atom is -0.392 e. The van der Waals surface area contributed by atoms with Gasteiger partial charge in [0.1, 0.15) is 15.2 Å². The van der Waals surface area contributed by atoms with Gasteiger partial charge in [-0.05, 0) is 18.2 Å². The van der Waals surface area contributed by atoms with Gasteiger partial charge in [-0.2, -0.15) is 5.26 Å². The van der Waals surface area contributed by atoms with E-state index in [0.717, 1.165) is 11.3 Å². The van der Waals surface area contributed by atoms with Crippen molar-refractivity contribution in [2.75, 3.05) is 4.72 Å². The van der Waals surface area contributed by atoms with E-state index in [1.807, 2.05) is 6.07 Å². The molecule has 98 valence electrons. The Bertz CT molecular complexity index is 729. The predicted molar refractivity (Wildman–Crippen MR) is 72.2 cm³/mol. The van der Waals surface area contributed by atoms with Crippen molar-refractivity contribution < 1.29 is 13.5 Å². The predicted octanol–water partition coefficient (Wildman–Crippen LogP) is 1.91. The fourth-order valence-electron chi connectivity index (χ4n) is 1.48. The normalized spacial score (nSPS) is 10.9. The van der Waals surface area contributed by atoms with Crippen LogP contribution < -0.4 is 4.72 Å². The Morgan fingerprint density at radius 2 is 2.00 bits per heavy atom. The number of nitriles is 1. The summed E-state index contributed by atoms with van der Waals surface area (Å²) in [4.78, 5) is 0.329. The molecule has 1 aromatic heterocycles. The van der Waals surface area contributed by atoms with Gasteiger partial charge in [0.25, 0.3) is 10.0 Å². The van der Waals surface area contributed by atoms with E-state index >= 15 is 0 Å². The molecule has 0 bridgehead atoms. The number of para-hydroxylation sites is 1. The average molecular weight is 294 g/mol. The zero-order chi connectivity index (χ0) is 13.9. The molecular formula is C12H10N2O3S2. The van der Waals surface area contributed by atoms with Crippen LogP contribution in [0, 0.1) is 11.3 Å². The Balaban J connectivity index is 2.34. The second-order valence-electron chi connectivity index (χ2n) is 3.65. The Morgan fingerprint density at radius 3 is 2.63 bits per heavy atom. The fraction of sp³-hybridized carbons (Fsp3) is 0.0833. The first kappa shape index (κ1) is 13.5. The zero-order valence-electron chi connectivity index (χ0n) is 9.70. The second kappa shape index (κ2) is 5.40. The largest absolute Gasteiger partial charge is 0.392 e. The third-order valence-electron chi connectivity index (χ3n) is 2.39. The number of nitrogens with zero attached hydrogens (tertiary/aromatic N) is 1. The SMILES string of the molecule is N#Cc1ccc(S(=O)(=O)Nc2ccccc2CO)s1. The Hall–Kier alpha value is -1.88. The van der Waals surface area contributed by atoms with Crippen LogP contribution >= 0.6 is 11.3 Å². The van der Waals surface area contributed by atoms with Gasteiger partial charge in [-0.3, -0.25) is 4.72 Å². The van der Waals surface area contributed by atoms with E-state index in [9.17, 15) is 8.42 Å². The van der Waals surface area contributed by atoms with Gasteiger partial charge in [0.2, 0.25) is 0 Å². The summed E-state index contributed by atoms with van der Waals surface area (Å²) in [5.41, 5.74) is 0.819. The quantitative estimate of drug-likeness (QED) is 0.901. The van der Waals surface area contributed by atoms with Gasteiger partial charge in [-0.1, -0.05) is 18.2 Å². The minimum absolute atomic E-state index is 0.0665. The average Bonchev–Trinajstić information content (AvgIpc) is 2.88. The van der Waals surface area contributed by atoms with E-state index in [4.69, 9.17) is 10.4 Å². The number of nitrogens with one attached hydrogen (secondary N) is 1. The van der Waals surface area contributed by atoms with Crippen LogP contribution in [0.3, 0.4) is 0 Å². The van der Waals surface area contributed by atoms with Gasteiger partial charge in [0.05, 0.1) is 12.3 Å². The fourth-order valence-corrected chi connectivity index (χ4v) is 3.68. The summed E-state index contributed by atoms with van der Waals surface area (Å²) in [6, 6.07) is 11.3. The van der Waals surface area contributed by atoms with E-state index in [1.54, 1.807) is 24.3 Å². The summed E-state index contributed by atoms with van der Waals surface area (Å²) < 4.78 is 26.7. The van der Waals surface area contributed by atoms with Crippen LogP contribution in [0.15, 0.2) is 40.6 Å². The van der Waals surface area contributed by atoms with Crippen LogP contribution in [0.2, 0.25) is 0 Å². The molecule has 7 heteroatoms. The molecule has 0 saturated heterocycles. The maximum absolute atomic E-state index is 12.1. The molecule has 2 rings (SSSR count). The Labute approximate surface area is 114 Å². The number of rotatable bonds is 4. The van der Waals surface area contributed by atoms with Gasteiger partial charge >= 0.3 is 0 Å². The molecule has 2 N–H and O–H groups in total. The highest BCUT2D eigenvalue weighted by Gasteiger charge is 2.18. The minimum atomic E-state index is -3.73. The number of aliphatic hydroxyl groups is 1. The van der Waals surface area contributed by atoms with E-state index in [2.05, 4.69) is 4.72 Å². The summed E-state index contributed by atoms with van der Waals surface area (Å²) in [6.45, 7) is -0.257. The van der Waals surface area contributed by atoms with Crippen LogP contribution in [-0.4, -0.2) is 13.5 Å². The lowest BCUT2D eigenvalue weighted by Gasteiger charge is -2.09. The van der Waals surface area contributed by atoms with Gasteiger partial charge in [0, 0.05) is 5.56 Å². The molecule has 0 atom stereocenters. The monoisotopic (exact) mass is 294 g/mol. The van der Waals surface area contributed by atoms with Crippen molar-refractivity contribution in [3.63, 3.8) is 0 Å². The third kappa shape index (κ3) is 2.93. The molecule has 2 aromatic rings. The summed E-state index contributed by atoms with van der Waals surface area (Å²) in [7, 11) is -3.73. The number of anilines is 1. The van der Waals surface area contributed by atoms with E-state index < -0.39 is 10.0 Å². The summed E-state index contributed by atoms with van der Waals surface area (Å²) in [5.74, 6) is 0. The smallest absolute Gasteiger partial charge is 0.271 e. The molecular weight excluding hydrogens is 284 g/mol. The molecule has 19 heavy (non-hydrogen) atoms. The molecule has 0 radical (unpaired) electrons. The highest BCUT2D eigenvalue weighted by atomic mass is 32.2. The Kier molecular flexibility index (Phi) is 3.85. The highest BCUT2D eigenvalue weighted by Crippen LogP contribution is 2.25. The van der Waals surface area contributed by atoms with Crippen molar-refractivity contribution >= 4 is 27.0 Å². The van der Waals surface area contributed by atoms with Crippen LogP contribution in [0.1, 0.15) is 10.4 Å². The first-order chi connectivity index (χ1) is 9.06. The lowest BCUT2D eigenvalue weighted by Crippen LogP contribution is -2.12. The first-order valence-corrected chi connectivity index (χ1v) is 7.58. The molecule has 0 fully saturated rings. The molecule has 5 nitrogen and oxygen atoms in total. The number of sulfonamides is 1. The van der Waals surface area contributed by atoms with Crippen LogP contribution in [0.5, 0.6) is 0 Å². The van der Waals surface area contributed by atoms with E-state index in [-0.39, 0.29) is 10.8 Å². The van der Waals surface area contributed by atoms with Crippen molar-refractivity contribution in [2.24, 2.45) is 0 Å². The molecule has 0 aliphatic carbocycles. The highest BCUT2D eigenvalue weighted by molar-refractivity contribution is 7.94. The van der Waals surface area contributed by atoms with Gasteiger partial charge < -0.3 is 5.11 Å². The molecule has 1 heterocycles. The van der Waals surface area contributed by atoms with Crippen molar-refractivity contribution in [3.8, 4) is 6.07 Å². The lowest BCUT2D eigenvalue weighted by atomic mass is 10.2. The maximum atomic E-state index is 12.1. The zero-order valence-corrected chi connectivity index (χ0v) is 11.3. The van der Waals surface area contributed by atoms with Crippen molar-refractivity contribution in [3.05, 3.63) is 46.8 Å². The standard InChI is InChI=1S/C12H10N2O3S2/c13-7-10-5-6-12(18-10)19(16,17)14-11-4-2-1-3-9(11)8-15/h1-6,14-15H,8H2. The number of hydrogen-bond donors (Lipinski definition) is 2. The molecule has 0 aliphatic heterocycles. The van der Waals surface area contributed by atoms with Crippen LogP contribution in [0.4, 0.5) is 5.69 Å². The molecule has 0 aliphatic rings. The maximum Gasteiger partial charge on any atom is 0.271 e. The summed E-state index contributed by atoms with van der Waals surface area (Å²) >= 11 is 0.898. The summed E-state index contributed by atoms with van der Waals surface area (Å²) in [6.07, 6.45) is 0. The molecule has 0 unspecified atom stereocenters. The number of hydrogen-bond acceptors (Lipinski definition) is 5. The molecule has 0 spiro atoms. The molecule has 0 amide bonds. The number of benzene rings is 1. The van der Waals surface area contributed by atoms with Gasteiger partial charge in [0.15, 0.2) is 0 Å². The number of aliphatic hydroxyl groups excluding tert-OH is 1. The van der Waals surface area contributed by atoms with E-state index in [0.29, 0.717) is 16.1 Å². The second-order valence-corrected chi connectivity index (χ2v) is 6.64. The van der Waals surface area contributed by atoms with Gasteiger partial charge in [-0.15, -0.1) is 11.3 Å².